The van der Waals surface area contributed by atoms with Crippen molar-refractivity contribution < 1.29 is 14.4 Å². The zero-order valence-electron chi connectivity index (χ0n) is 13.8. The SMILES string of the molecule is CC1(CC(=O)OCc2ccccc2)CC(C2CCCCC2)=NO1. The van der Waals surface area contributed by atoms with Crippen LogP contribution in [-0.2, 0) is 21.0 Å². The molecule has 0 spiro atoms. The van der Waals surface area contributed by atoms with Crippen molar-refractivity contribution in [3.8, 4) is 0 Å². The van der Waals surface area contributed by atoms with Crippen LogP contribution in [0.3, 0.4) is 0 Å². The van der Waals surface area contributed by atoms with E-state index >= 15 is 0 Å². The Bertz CT molecular complexity index is 563. The number of ether oxygens (including phenoxy) is 1. The van der Waals surface area contributed by atoms with Crippen LogP contribution in [0.1, 0.15) is 57.4 Å². The highest BCUT2D eigenvalue weighted by Crippen LogP contribution is 2.35. The number of nitrogens with zero attached hydrogens (tertiary/aromatic N) is 1. The van der Waals surface area contributed by atoms with Crippen LogP contribution in [-0.4, -0.2) is 17.3 Å². The predicted molar refractivity (Wildman–Crippen MR) is 89.0 cm³/mol. The lowest BCUT2D eigenvalue weighted by atomic mass is 9.82. The summed E-state index contributed by atoms with van der Waals surface area (Å²) in [6.07, 6.45) is 7.29. The summed E-state index contributed by atoms with van der Waals surface area (Å²) >= 11 is 0. The minimum Gasteiger partial charge on any atom is -0.461 e. The number of carbonyl (C=O) groups excluding carboxylic acids is 1. The summed E-state index contributed by atoms with van der Waals surface area (Å²) in [5, 5.41) is 4.29. The molecule has 0 N–H and O–H groups in total. The van der Waals surface area contributed by atoms with Gasteiger partial charge in [0.25, 0.3) is 0 Å². The Kier molecular flexibility index (Phi) is 4.99. The molecule has 0 amide bonds. The number of carbonyl (C=O) groups is 1. The van der Waals surface area contributed by atoms with Crippen molar-refractivity contribution in [3.05, 3.63) is 35.9 Å². The average molecular weight is 315 g/mol. The van der Waals surface area contributed by atoms with E-state index in [-0.39, 0.29) is 12.4 Å². The van der Waals surface area contributed by atoms with Gasteiger partial charge in [0.15, 0.2) is 5.60 Å². The van der Waals surface area contributed by atoms with Crippen LogP contribution in [0.4, 0.5) is 0 Å². The van der Waals surface area contributed by atoms with Gasteiger partial charge in [-0.1, -0.05) is 54.8 Å². The highest BCUT2D eigenvalue weighted by atomic mass is 16.7. The summed E-state index contributed by atoms with van der Waals surface area (Å²) < 4.78 is 5.37. The van der Waals surface area contributed by atoms with Gasteiger partial charge in [-0.25, -0.2) is 0 Å². The molecule has 0 bridgehead atoms. The minimum absolute atomic E-state index is 0.226. The molecule has 1 aliphatic carbocycles. The largest absolute Gasteiger partial charge is 0.461 e. The fourth-order valence-electron chi connectivity index (χ4n) is 3.46. The van der Waals surface area contributed by atoms with Crippen molar-refractivity contribution in [2.45, 2.75) is 64.1 Å². The zero-order chi connectivity index (χ0) is 16.1. The Morgan fingerprint density at radius 1 is 1.26 bits per heavy atom. The summed E-state index contributed by atoms with van der Waals surface area (Å²) in [5.41, 5.74) is 1.60. The monoisotopic (exact) mass is 315 g/mol. The van der Waals surface area contributed by atoms with Gasteiger partial charge in [-0.05, 0) is 25.3 Å². The first-order valence-corrected chi connectivity index (χ1v) is 8.59. The minimum atomic E-state index is -0.541. The predicted octanol–water partition coefficient (Wildman–Crippen LogP) is 4.24. The van der Waals surface area contributed by atoms with E-state index in [0.717, 1.165) is 17.7 Å². The maximum Gasteiger partial charge on any atom is 0.310 e. The molecular weight excluding hydrogens is 290 g/mol. The number of rotatable bonds is 5. The normalized spacial score (nSPS) is 24.8. The lowest BCUT2D eigenvalue weighted by Gasteiger charge is -2.23. The third-order valence-corrected chi connectivity index (χ3v) is 4.78. The molecule has 1 unspecified atom stereocenters. The molecule has 1 atom stereocenters. The molecule has 3 rings (SSSR count). The number of benzene rings is 1. The second kappa shape index (κ2) is 7.16. The maximum atomic E-state index is 12.1. The molecule has 4 nitrogen and oxygen atoms in total. The molecule has 4 heteroatoms. The van der Waals surface area contributed by atoms with Crippen molar-refractivity contribution >= 4 is 11.7 Å². The van der Waals surface area contributed by atoms with E-state index in [0.29, 0.717) is 12.5 Å². The standard InChI is InChI=1S/C19H25NO3/c1-19(12-17(20-23-19)16-10-6-3-7-11-16)13-18(21)22-14-15-8-4-2-5-9-15/h2,4-5,8-9,16H,3,6-7,10-14H2,1H3. The van der Waals surface area contributed by atoms with E-state index in [2.05, 4.69) is 5.16 Å². The Balaban J connectivity index is 1.47. The molecular formula is C19H25NO3. The van der Waals surface area contributed by atoms with Crippen molar-refractivity contribution in [2.24, 2.45) is 11.1 Å². The fourth-order valence-corrected chi connectivity index (χ4v) is 3.46. The van der Waals surface area contributed by atoms with Gasteiger partial charge in [0.1, 0.15) is 6.61 Å². The highest BCUT2D eigenvalue weighted by molar-refractivity contribution is 5.89. The number of hydrogen-bond donors (Lipinski definition) is 0. The molecule has 2 aliphatic rings. The van der Waals surface area contributed by atoms with Gasteiger partial charge in [-0.3, -0.25) is 4.79 Å². The lowest BCUT2D eigenvalue weighted by Crippen LogP contribution is -2.30. The van der Waals surface area contributed by atoms with E-state index in [1.54, 1.807) is 0 Å². The summed E-state index contributed by atoms with van der Waals surface area (Å²) in [5.74, 6) is 0.322. The summed E-state index contributed by atoms with van der Waals surface area (Å²) in [7, 11) is 0. The second-order valence-corrected chi connectivity index (χ2v) is 6.96. The van der Waals surface area contributed by atoms with Crippen LogP contribution in [0.5, 0.6) is 0 Å². The van der Waals surface area contributed by atoms with E-state index in [1.807, 2.05) is 37.3 Å². The third kappa shape index (κ3) is 4.34. The van der Waals surface area contributed by atoms with E-state index in [1.165, 1.54) is 32.1 Å². The average Bonchev–Trinajstić information content (AvgIpc) is 2.97. The van der Waals surface area contributed by atoms with Gasteiger partial charge in [-0.2, -0.15) is 0 Å². The van der Waals surface area contributed by atoms with Gasteiger partial charge in [0, 0.05) is 12.3 Å². The Labute approximate surface area is 137 Å². The smallest absolute Gasteiger partial charge is 0.310 e. The highest BCUT2D eigenvalue weighted by Gasteiger charge is 2.39. The fraction of sp³-hybridized carbons (Fsp3) is 0.579. The Hall–Kier alpha value is -1.84. The summed E-state index contributed by atoms with van der Waals surface area (Å²) in [6, 6.07) is 9.73. The van der Waals surface area contributed by atoms with Crippen LogP contribution in [0.15, 0.2) is 35.5 Å². The van der Waals surface area contributed by atoms with E-state index in [4.69, 9.17) is 9.57 Å². The molecule has 23 heavy (non-hydrogen) atoms. The summed E-state index contributed by atoms with van der Waals surface area (Å²) in [6.45, 7) is 2.27. The first-order valence-electron chi connectivity index (χ1n) is 8.59. The van der Waals surface area contributed by atoms with E-state index < -0.39 is 5.60 Å². The van der Waals surface area contributed by atoms with Crippen molar-refractivity contribution in [1.29, 1.82) is 0 Å². The molecule has 1 aromatic carbocycles. The topological polar surface area (TPSA) is 47.9 Å². The Morgan fingerprint density at radius 2 is 2.00 bits per heavy atom. The number of oxime groups is 1. The molecule has 1 aliphatic heterocycles. The van der Waals surface area contributed by atoms with Crippen molar-refractivity contribution in [3.63, 3.8) is 0 Å². The third-order valence-electron chi connectivity index (χ3n) is 4.78. The molecule has 0 aromatic heterocycles. The van der Waals surface area contributed by atoms with Gasteiger partial charge >= 0.3 is 5.97 Å². The van der Waals surface area contributed by atoms with Gasteiger partial charge in [0.05, 0.1) is 12.1 Å². The molecule has 1 heterocycles. The van der Waals surface area contributed by atoms with Crippen molar-refractivity contribution in [1.82, 2.24) is 0 Å². The molecule has 1 aromatic rings. The summed E-state index contributed by atoms with van der Waals surface area (Å²) in [4.78, 5) is 17.7. The molecule has 1 saturated carbocycles. The van der Waals surface area contributed by atoms with Crippen molar-refractivity contribution in [2.75, 3.05) is 0 Å². The van der Waals surface area contributed by atoms with Crippen LogP contribution in [0.25, 0.3) is 0 Å². The lowest BCUT2D eigenvalue weighted by molar-refractivity contribution is -0.151. The molecule has 1 fully saturated rings. The van der Waals surface area contributed by atoms with Crippen LogP contribution in [0.2, 0.25) is 0 Å². The van der Waals surface area contributed by atoms with E-state index in [9.17, 15) is 4.79 Å². The maximum absolute atomic E-state index is 12.1. The first kappa shape index (κ1) is 16.0. The first-order chi connectivity index (χ1) is 11.1. The molecule has 0 saturated heterocycles. The quantitative estimate of drug-likeness (QED) is 0.764. The molecule has 0 radical (unpaired) electrons. The number of esters is 1. The van der Waals surface area contributed by atoms with Gasteiger partial charge < -0.3 is 9.57 Å². The van der Waals surface area contributed by atoms with Gasteiger partial charge in [0.2, 0.25) is 0 Å². The van der Waals surface area contributed by atoms with Gasteiger partial charge in [-0.15, -0.1) is 0 Å². The van der Waals surface area contributed by atoms with Crippen LogP contribution in [0, 0.1) is 5.92 Å². The second-order valence-electron chi connectivity index (χ2n) is 6.96. The van der Waals surface area contributed by atoms with Crippen LogP contribution >= 0.6 is 0 Å². The number of hydrogen-bond acceptors (Lipinski definition) is 4. The molecule has 124 valence electrons. The Morgan fingerprint density at radius 3 is 2.74 bits per heavy atom. The zero-order valence-corrected chi connectivity index (χ0v) is 13.8. The van der Waals surface area contributed by atoms with Crippen LogP contribution < -0.4 is 0 Å².